The van der Waals surface area contributed by atoms with Crippen LogP contribution >= 0.6 is 0 Å². The monoisotopic (exact) mass is 272 g/mol. The fourth-order valence-electron chi connectivity index (χ4n) is 1.91. The number of carbonyl (C=O) groups is 1. The van der Waals surface area contributed by atoms with E-state index in [-0.39, 0.29) is 24.1 Å². The summed E-state index contributed by atoms with van der Waals surface area (Å²) in [5.74, 6) is 0.496. The Morgan fingerprint density at radius 3 is 2.37 bits per heavy atom. The highest BCUT2D eigenvalue weighted by atomic mass is 16.3. The van der Waals surface area contributed by atoms with Crippen molar-refractivity contribution in [3.8, 4) is 0 Å². The van der Waals surface area contributed by atoms with E-state index in [4.69, 9.17) is 5.11 Å². The van der Waals surface area contributed by atoms with Crippen molar-refractivity contribution in [2.75, 3.05) is 13.2 Å². The molecule has 19 heavy (non-hydrogen) atoms. The molecule has 0 heterocycles. The largest absolute Gasteiger partial charge is 0.396 e. The summed E-state index contributed by atoms with van der Waals surface area (Å²) in [7, 11) is 0. The molecule has 4 nitrogen and oxygen atoms in total. The van der Waals surface area contributed by atoms with Crippen LogP contribution in [0.15, 0.2) is 0 Å². The van der Waals surface area contributed by atoms with Crippen molar-refractivity contribution in [1.29, 1.82) is 0 Å². The Balaban J connectivity index is 4.14. The molecular formula is C15H32N2O2. The molecule has 0 saturated carbocycles. The minimum absolute atomic E-state index is 0.0473. The van der Waals surface area contributed by atoms with Gasteiger partial charge in [-0.2, -0.15) is 0 Å². The molecule has 0 aromatic carbocycles. The number of aliphatic hydroxyl groups is 1. The molecule has 0 radical (unpaired) electrons. The van der Waals surface area contributed by atoms with E-state index >= 15 is 0 Å². The Bertz CT molecular complexity index is 249. The van der Waals surface area contributed by atoms with Crippen LogP contribution in [0.5, 0.6) is 0 Å². The third-order valence-corrected chi connectivity index (χ3v) is 3.69. The molecule has 0 saturated heterocycles. The number of aliphatic hydroxyl groups excluding tert-OH is 1. The zero-order chi connectivity index (χ0) is 14.9. The van der Waals surface area contributed by atoms with Crippen molar-refractivity contribution in [1.82, 2.24) is 10.6 Å². The number of amides is 1. The number of carbonyl (C=O) groups excluding carboxylic acids is 1. The fourth-order valence-corrected chi connectivity index (χ4v) is 1.91. The van der Waals surface area contributed by atoms with Crippen molar-refractivity contribution in [2.24, 2.45) is 5.92 Å². The molecule has 2 atom stereocenters. The molecule has 2 unspecified atom stereocenters. The number of hydrogen-bond donors (Lipinski definition) is 3. The van der Waals surface area contributed by atoms with Gasteiger partial charge in [-0.05, 0) is 52.5 Å². The maximum atomic E-state index is 12.0. The standard InChI is InChI=1S/C15H32N2O2/c1-6-8-13(9-10-18)11-16-12(3)14(19)17-15(4,5)7-2/h12-13,16,18H,6-11H2,1-5H3,(H,17,19). The molecule has 0 fully saturated rings. The van der Waals surface area contributed by atoms with E-state index in [0.29, 0.717) is 5.92 Å². The molecule has 0 aromatic rings. The highest BCUT2D eigenvalue weighted by Crippen LogP contribution is 2.10. The first-order valence-corrected chi connectivity index (χ1v) is 7.52. The Morgan fingerprint density at radius 2 is 1.89 bits per heavy atom. The topological polar surface area (TPSA) is 61.4 Å². The molecule has 0 aliphatic heterocycles. The summed E-state index contributed by atoms with van der Waals surface area (Å²) < 4.78 is 0. The van der Waals surface area contributed by atoms with Crippen molar-refractivity contribution >= 4 is 5.91 Å². The van der Waals surface area contributed by atoms with E-state index < -0.39 is 0 Å². The van der Waals surface area contributed by atoms with Crippen LogP contribution in [-0.2, 0) is 4.79 Å². The smallest absolute Gasteiger partial charge is 0.237 e. The Hall–Kier alpha value is -0.610. The van der Waals surface area contributed by atoms with Crippen molar-refractivity contribution in [2.45, 2.75) is 71.9 Å². The first-order chi connectivity index (χ1) is 8.86. The van der Waals surface area contributed by atoms with Crippen molar-refractivity contribution in [3.63, 3.8) is 0 Å². The molecule has 0 rings (SSSR count). The van der Waals surface area contributed by atoms with Gasteiger partial charge in [-0.1, -0.05) is 20.3 Å². The van der Waals surface area contributed by atoms with Crippen LogP contribution < -0.4 is 10.6 Å². The molecule has 1 amide bonds. The van der Waals surface area contributed by atoms with Crippen LogP contribution in [0.2, 0.25) is 0 Å². The average Bonchev–Trinajstić information content (AvgIpc) is 2.35. The summed E-state index contributed by atoms with van der Waals surface area (Å²) in [6.07, 6.45) is 3.90. The van der Waals surface area contributed by atoms with Crippen LogP contribution in [0.25, 0.3) is 0 Å². The predicted molar refractivity (Wildman–Crippen MR) is 80.1 cm³/mol. The van der Waals surface area contributed by atoms with Gasteiger partial charge >= 0.3 is 0 Å². The SMILES string of the molecule is CCCC(CCO)CNC(C)C(=O)NC(C)(C)CC. The Labute approximate surface area is 118 Å². The predicted octanol–water partition coefficient (Wildman–Crippen LogP) is 2.07. The first kappa shape index (κ1) is 18.4. The van der Waals surface area contributed by atoms with Crippen LogP contribution in [0, 0.1) is 5.92 Å². The molecule has 0 aromatic heterocycles. The second-order valence-electron chi connectivity index (χ2n) is 6.02. The van der Waals surface area contributed by atoms with Gasteiger partial charge in [0.25, 0.3) is 0 Å². The third-order valence-electron chi connectivity index (χ3n) is 3.69. The molecule has 114 valence electrons. The van der Waals surface area contributed by atoms with E-state index in [1.165, 1.54) is 0 Å². The van der Waals surface area contributed by atoms with Gasteiger partial charge in [-0.15, -0.1) is 0 Å². The number of hydrogen-bond acceptors (Lipinski definition) is 3. The third kappa shape index (κ3) is 8.22. The van der Waals surface area contributed by atoms with Gasteiger partial charge in [0.1, 0.15) is 0 Å². The Morgan fingerprint density at radius 1 is 1.26 bits per heavy atom. The zero-order valence-electron chi connectivity index (χ0n) is 13.3. The Kier molecular flexibility index (Phi) is 9.02. The van der Waals surface area contributed by atoms with Crippen LogP contribution in [-0.4, -0.2) is 35.7 Å². The second-order valence-corrected chi connectivity index (χ2v) is 6.02. The minimum atomic E-state index is -0.191. The summed E-state index contributed by atoms with van der Waals surface area (Å²) in [6, 6.07) is -0.191. The maximum absolute atomic E-state index is 12.0. The first-order valence-electron chi connectivity index (χ1n) is 7.52. The lowest BCUT2D eigenvalue weighted by atomic mass is 9.99. The summed E-state index contributed by atoms with van der Waals surface area (Å²) in [6.45, 7) is 11.2. The van der Waals surface area contributed by atoms with Gasteiger partial charge < -0.3 is 15.7 Å². The van der Waals surface area contributed by atoms with Gasteiger partial charge in [0, 0.05) is 12.1 Å². The lowest BCUT2D eigenvalue weighted by Crippen LogP contribution is -2.51. The lowest BCUT2D eigenvalue weighted by molar-refractivity contribution is -0.124. The molecule has 0 aliphatic carbocycles. The second kappa shape index (κ2) is 9.32. The van der Waals surface area contributed by atoms with E-state index in [1.807, 2.05) is 20.8 Å². The van der Waals surface area contributed by atoms with Gasteiger partial charge in [-0.25, -0.2) is 0 Å². The van der Waals surface area contributed by atoms with Gasteiger partial charge in [0.05, 0.1) is 6.04 Å². The lowest BCUT2D eigenvalue weighted by Gasteiger charge is -2.27. The zero-order valence-corrected chi connectivity index (χ0v) is 13.3. The van der Waals surface area contributed by atoms with E-state index in [0.717, 1.165) is 32.2 Å². The van der Waals surface area contributed by atoms with Gasteiger partial charge in [0.15, 0.2) is 0 Å². The van der Waals surface area contributed by atoms with Crippen molar-refractivity contribution < 1.29 is 9.90 Å². The van der Waals surface area contributed by atoms with E-state index in [1.54, 1.807) is 0 Å². The van der Waals surface area contributed by atoms with Crippen LogP contribution in [0.4, 0.5) is 0 Å². The average molecular weight is 272 g/mol. The quantitative estimate of drug-likeness (QED) is 0.570. The summed E-state index contributed by atoms with van der Waals surface area (Å²) in [4.78, 5) is 12.0. The molecule has 0 aliphatic rings. The highest BCUT2D eigenvalue weighted by Gasteiger charge is 2.22. The summed E-state index contributed by atoms with van der Waals surface area (Å²) in [5, 5.41) is 15.3. The van der Waals surface area contributed by atoms with Crippen LogP contribution in [0.1, 0.15) is 60.3 Å². The fraction of sp³-hybridized carbons (Fsp3) is 0.933. The number of rotatable bonds is 10. The van der Waals surface area contributed by atoms with Crippen LogP contribution in [0.3, 0.4) is 0 Å². The maximum Gasteiger partial charge on any atom is 0.237 e. The molecular weight excluding hydrogens is 240 g/mol. The highest BCUT2D eigenvalue weighted by molar-refractivity contribution is 5.81. The normalized spacial score (nSPS) is 15.1. The number of nitrogens with one attached hydrogen (secondary N) is 2. The minimum Gasteiger partial charge on any atom is -0.396 e. The molecule has 0 bridgehead atoms. The molecule has 3 N–H and O–H groups in total. The molecule has 0 spiro atoms. The van der Waals surface area contributed by atoms with Gasteiger partial charge in [0.2, 0.25) is 5.91 Å². The van der Waals surface area contributed by atoms with E-state index in [9.17, 15) is 4.79 Å². The van der Waals surface area contributed by atoms with E-state index in [2.05, 4.69) is 24.5 Å². The summed E-state index contributed by atoms with van der Waals surface area (Å²) >= 11 is 0. The van der Waals surface area contributed by atoms with Crippen molar-refractivity contribution in [3.05, 3.63) is 0 Å². The molecule has 4 heteroatoms. The van der Waals surface area contributed by atoms with Gasteiger partial charge in [-0.3, -0.25) is 4.79 Å². The summed E-state index contributed by atoms with van der Waals surface area (Å²) in [5.41, 5.74) is -0.152.